The highest BCUT2D eigenvalue weighted by Gasteiger charge is 2.66. The lowest BCUT2D eigenvalue weighted by Gasteiger charge is -2.28. The molecule has 0 saturated heterocycles. The van der Waals surface area contributed by atoms with Crippen molar-refractivity contribution in [1.82, 2.24) is 0 Å². The first-order valence-corrected chi connectivity index (χ1v) is 12.2. The lowest BCUT2D eigenvalue weighted by atomic mass is 10.1. The maximum Gasteiger partial charge on any atom is 0.429 e. The molecule has 0 N–H and O–H groups in total. The molecular weight excluding hydrogens is 460 g/mol. The predicted octanol–water partition coefficient (Wildman–Crippen LogP) is 5.65. The third-order valence-electron chi connectivity index (χ3n) is 4.85. The predicted molar refractivity (Wildman–Crippen MR) is 124 cm³/mol. The number of methoxy groups -OCH3 is 1. The number of benzene rings is 2. The van der Waals surface area contributed by atoms with Gasteiger partial charge in [-0.25, -0.2) is 17.8 Å². The minimum Gasteiger partial charge on any atom is -0.494 e. The Morgan fingerprint density at radius 1 is 1.12 bits per heavy atom. The van der Waals surface area contributed by atoms with Gasteiger partial charge in [-0.1, -0.05) is 45.0 Å². The average Bonchev–Trinajstić information content (AvgIpc) is 3.15. The van der Waals surface area contributed by atoms with E-state index in [4.69, 9.17) is 4.74 Å². The minimum absolute atomic E-state index is 0.0268. The highest BCUT2D eigenvalue weighted by Crippen LogP contribution is 2.43. The molecule has 33 heavy (non-hydrogen) atoms. The summed E-state index contributed by atoms with van der Waals surface area (Å²) in [5, 5.41) is 0. The molecule has 5 nitrogen and oxygen atoms in total. The Kier molecular flexibility index (Phi) is 9.89. The first kappa shape index (κ1) is 28.4. The highest BCUT2D eigenvalue weighted by atomic mass is 32.2. The summed E-state index contributed by atoms with van der Waals surface area (Å²) in [6, 6.07) is 13.3. The third kappa shape index (κ3) is 6.46. The van der Waals surface area contributed by atoms with E-state index in [0.29, 0.717) is 17.7 Å². The minimum atomic E-state index is -4.97. The zero-order valence-corrected chi connectivity index (χ0v) is 20.4. The summed E-state index contributed by atoms with van der Waals surface area (Å²) in [7, 11) is -2.99. The van der Waals surface area contributed by atoms with Crippen LogP contribution in [0.1, 0.15) is 33.3 Å². The summed E-state index contributed by atoms with van der Waals surface area (Å²) in [4.78, 5) is 1.61. The first-order chi connectivity index (χ1) is 15.4. The van der Waals surface area contributed by atoms with Crippen LogP contribution in [0.15, 0.2) is 53.5 Å². The molecule has 0 aromatic heterocycles. The third-order valence-corrected chi connectivity index (χ3v) is 6.53. The number of ether oxygens (including phenoxy) is 1. The molecule has 0 radical (unpaired) electrons. The molecule has 0 aliphatic carbocycles. The van der Waals surface area contributed by atoms with Crippen molar-refractivity contribution in [2.75, 3.05) is 24.8 Å². The van der Waals surface area contributed by atoms with Crippen LogP contribution in [0.5, 0.6) is 5.75 Å². The Hall–Kier alpha value is -2.62. The second kappa shape index (κ2) is 11.5. The lowest BCUT2D eigenvalue weighted by Crippen LogP contribution is -2.53. The SMILES string of the molecule is CC.CC1=NC(C(F)(F)F)(S(C)(=O)=O)CN1c1ccccc1.CCc1ccc(OC)c(F)c1. The quantitative estimate of drug-likeness (QED) is 0.520. The van der Waals surface area contributed by atoms with Gasteiger partial charge in [0, 0.05) is 11.9 Å². The number of hydrogen-bond donors (Lipinski definition) is 0. The number of nitrogens with zero attached hydrogens (tertiary/aromatic N) is 2. The van der Waals surface area contributed by atoms with Gasteiger partial charge in [0.25, 0.3) is 4.87 Å². The molecule has 0 spiro atoms. The summed E-state index contributed by atoms with van der Waals surface area (Å²) in [5.74, 6) is 0.0491. The Morgan fingerprint density at radius 3 is 2.09 bits per heavy atom. The van der Waals surface area contributed by atoms with Crippen LogP contribution in [0.4, 0.5) is 23.2 Å². The van der Waals surface area contributed by atoms with E-state index in [2.05, 4.69) is 4.99 Å². The zero-order valence-electron chi connectivity index (χ0n) is 19.6. The van der Waals surface area contributed by atoms with Crippen molar-refractivity contribution in [2.45, 2.75) is 45.2 Å². The van der Waals surface area contributed by atoms with Gasteiger partial charge in [0.2, 0.25) is 0 Å². The molecule has 10 heteroatoms. The maximum atomic E-state index is 13.3. The molecule has 1 heterocycles. The van der Waals surface area contributed by atoms with E-state index in [9.17, 15) is 26.0 Å². The molecule has 1 unspecified atom stereocenters. The summed E-state index contributed by atoms with van der Waals surface area (Å²) < 4.78 is 80.8. The van der Waals surface area contributed by atoms with E-state index in [1.165, 1.54) is 25.0 Å². The van der Waals surface area contributed by atoms with E-state index >= 15 is 0 Å². The number of halogens is 4. The first-order valence-electron chi connectivity index (χ1n) is 10.3. The van der Waals surface area contributed by atoms with Crippen LogP contribution < -0.4 is 9.64 Å². The topological polar surface area (TPSA) is 59.0 Å². The second-order valence-corrected chi connectivity index (χ2v) is 9.18. The summed E-state index contributed by atoms with van der Waals surface area (Å²) in [6.07, 6.45) is -3.56. The standard InChI is InChI=1S/C12H13F3N2O2S.C9H11FO.C2H6/c1-9-16-11(12(13,14)15,20(2,18)19)8-17(9)10-6-4-3-5-7-10;1-3-7-4-5-9(11-2)8(10)6-7;1-2/h3-7H,8H2,1-2H3;4-6H,3H2,1-2H3;1-2H3. The van der Waals surface area contributed by atoms with Gasteiger partial charge >= 0.3 is 6.18 Å². The van der Waals surface area contributed by atoms with E-state index in [1.807, 2.05) is 26.8 Å². The van der Waals surface area contributed by atoms with Crippen molar-refractivity contribution in [3.63, 3.8) is 0 Å². The smallest absolute Gasteiger partial charge is 0.429 e. The molecule has 0 amide bonds. The molecule has 1 atom stereocenters. The zero-order chi connectivity index (χ0) is 25.4. The van der Waals surface area contributed by atoms with Crippen LogP contribution in [-0.4, -0.2) is 45.2 Å². The van der Waals surface area contributed by atoms with Gasteiger partial charge in [-0.2, -0.15) is 13.2 Å². The van der Waals surface area contributed by atoms with Crippen LogP contribution in [0.2, 0.25) is 0 Å². The molecule has 0 bridgehead atoms. The van der Waals surface area contributed by atoms with Gasteiger partial charge in [-0.15, -0.1) is 0 Å². The Bertz CT molecular complexity index is 1040. The molecule has 1 aliphatic heterocycles. The van der Waals surface area contributed by atoms with Gasteiger partial charge in [0.15, 0.2) is 21.4 Å². The van der Waals surface area contributed by atoms with Crippen LogP contribution in [0, 0.1) is 5.82 Å². The number of aryl methyl sites for hydroxylation is 1. The molecule has 184 valence electrons. The summed E-state index contributed by atoms with van der Waals surface area (Å²) in [5.41, 5.74) is 1.46. The van der Waals surface area contributed by atoms with Crippen molar-refractivity contribution < 1.29 is 30.7 Å². The summed E-state index contributed by atoms with van der Waals surface area (Å²) in [6.45, 7) is 6.60. The number of amidine groups is 1. The number of anilines is 1. The van der Waals surface area contributed by atoms with Crippen molar-refractivity contribution in [2.24, 2.45) is 4.99 Å². The fraction of sp³-hybridized carbons (Fsp3) is 0.435. The fourth-order valence-corrected chi connectivity index (χ4v) is 4.15. The van der Waals surface area contributed by atoms with Gasteiger partial charge in [0.05, 0.1) is 13.7 Å². The van der Waals surface area contributed by atoms with E-state index in [0.717, 1.165) is 12.0 Å². The normalized spacial score (nSPS) is 17.9. The van der Waals surface area contributed by atoms with Crippen molar-refractivity contribution in [3.8, 4) is 5.75 Å². The van der Waals surface area contributed by atoms with Gasteiger partial charge in [-0.3, -0.25) is 0 Å². The molecule has 0 saturated carbocycles. The average molecular weight is 491 g/mol. The maximum absolute atomic E-state index is 13.3. The fourth-order valence-electron chi connectivity index (χ4n) is 3.07. The molecule has 0 fully saturated rings. The molecule has 2 aromatic carbocycles. The van der Waals surface area contributed by atoms with Crippen LogP contribution in [0.3, 0.4) is 0 Å². The number of hydrogen-bond acceptors (Lipinski definition) is 5. The monoisotopic (exact) mass is 490 g/mol. The van der Waals surface area contributed by atoms with Crippen molar-refractivity contribution in [1.29, 1.82) is 0 Å². The van der Waals surface area contributed by atoms with E-state index < -0.39 is 27.4 Å². The van der Waals surface area contributed by atoms with E-state index in [-0.39, 0.29) is 11.7 Å². The lowest BCUT2D eigenvalue weighted by molar-refractivity contribution is -0.155. The Balaban J connectivity index is 0.000000354. The largest absolute Gasteiger partial charge is 0.494 e. The van der Waals surface area contributed by atoms with Gasteiger partial charge in [0.1, 0.15) is 5.84 Å². The van der Waals surface area contributed by atoms with Crippen LogP contribution in [0.25, 0.3) is 0 Å². The van der Waals surface area contributed by atoms with Crippen molar-refractivity contribution >= 4 is 21.4 Å². The Labute approximate surface area is 193 Å². The van der Waals surface area contributed by atoms with Gasteiger partial charge < -0.3 is 9.64 Å². The van der Waals surface area contributed by atoms with Crippen LogP contribution >= 0.6 is 0 Å². The second-order valence-electron chi connectivity index (χ2n) is 6.96. The number of rotatable bonds is 4. The number of alkyl halides is 3. The summed E-state index contributed by atoms with van der Waals surface area (Å²) >= 11 is 0. The molecule has 2 aromatic rings. The van der Waals surface area contributed by atoms with Crippen molar-refractivity contribution in [3.05, 3.63) is 59.9 Å². The molecular formula is C23H30F4N2O3S. The number of para-hydroxylation sites is 1. The number of sulfone groups is 1. The van der Waals surface area contributed by atoms with Gasteiger partial charge in [-0.05, 0) is 43.2 Å². The number of aliphatic imine (C=N–C) groups is 1. The van der Waals surface area contributed by atoms with E-state index in [1.54, 1.807) is 36.4 Å². The Morgan fingerprint density at radius 2 is 1.70 bits per heavy atom. The molecule has 1 aliphatic rings. The highest BCUT2D eigenvalue weighted by molar-refractivity contribution is 7.92. The van der Waals surface area contributed by atoms with Crippen LogP contribution in [-0.2, 0) is 16.3 Å². The molecule has 3 rings (SSSR count).